The summed E-state index contributed by atoms with van der Waals surface area (Å²) in [5.41, 5.74) is 10.3. The van der Waals surface area contributed by atoms with Gasteiger partial charge in [0.25, 0.3) is 5.69 Å². The topological polar surface area (TPSA) is 72.4 Å². The van der Waals surface area contributed by atoms with Crippen molar-refractivity contribution in [2.75, 3.05) is 17.7 Å². The molecule has 0 heterocycles. The lowest BCUT2D eigenvalue weighted by Gasteiger charge is -2.21. The summed E-state index contributed by atoms with van der Waals surface area (Å²) >= 11 is 0. The third kappa shape index (κ3) is 3.31. The molecule has 21 heavy (non-hydrogen) atoms. The number of anilines is 2. The van der Waals surface area contributed by atoms with Gasteiger partial charge in [0, 0.05) is 30.9 Å². The lowest BCUT2D eigenvalue weighted by Crippen LogP contribution is -2.18. The van der Waals surface area contributed by atoms with Gasteiger partial charge in [-0.2, -0.15) is 0 Å². The van der Waals surface area contributed by atoms with Crippen LogP contribution in [0.5, 0.6) is 0 Å². The Kier molecular flexibility index (Phi) is 4.12. The number of nitro groups is 1. The average molecular weight is 285 g/mol. The molecule has 0 unspecified atom stereocenters. The Morgan fingerprint density at radius 1 is 1.19 bits per heavy atom. The summed E-state index contributed by atoms with van der Waals surface area (Å²) in [5, 5.41) is 10.9. The van der Waals surface area contributed by atoms with Crippen molar-refractivity contribution in [1.29, 1.82) is 0 Å². The molecule has 110 valence electrons. The summed E-state index contributed by atoms with van der Waals surface area (Å²) in [5.74, 6) is 0. The summed E-state index contributed by atoms with van der Waals surface area (Å²) in [7, 11) is 1.95. The average Bonchev–Trinajstić information content (AvgIpc) is 2.39. The zero-order valence-corrected chi connectivity index (χ0v) is 12.5. The quantitative estimate of drug-likeness (QED) is 0.530. The second-order valence-electron chi connectivity index (χ2n) is 5.31. The summed E-state index contributed by atoms with van der Waals surface area (Å²) in [4.78, 5) is 12.5. The van der Waals surface area contributed by atoms with Crippen LogP contribution in [-0.2, 0) is 6.54 Å². The van der Waals surface area contributed by atoms with E-state index in [2.05, 4.69) is 18.2 Å². The summed E-state index contributed by atoms with van der Waals surface area (Å²) < 4.78 is 0. The fourth-order valence-corrected chi connectivity index (χ4v) is 2.41. The highest BCUT2D eigenvalue weighted by molar-refractivity contribution is 5.64. The molecule has 0 radical (unpaired) electrons. The largest absolute Gasteiger partial charge is 0.393 e. The molecule has 5 nitrogen and oxygen atoms in total. The number of hydrogen-bond donors (Lipinski definition) is 1. The second kappa shape index (κ2) is 5.83. The van der Waals surface area contributed by atoms with Crippen LogP contribution in [0.1, 0.15) is 16.7 Å². The van der Waals surface area contributed by atoms with Gasteiger partial charge in [-0.25, -0.2) is 0 Å². The Hall–Kier alpha value is -2.56. The third-order valence-corrected chi connectivity index (χ3v) is 3.42. The maximum atomic E-state index is 10.9. The van der Waals surface area contributed by atoms with Crippen molar-refractivity contribution in [3.8, 4) is 0 Å². The first-order chi connectivity index (χ1) is 9.88. The molecule has 0 aliphatic heterocycles. The Morgan fingerprint density at radius 2 is 1.81 bits per heavy atom. The van der Waals surface area contributed by atoms with Crippen molar-refractivity contribution in [3.63, 3.8) is 0 Å². The summed E-state index contributed by atoms with van der Waals surface area (Å²) in [6.45, 7) is 4.62. The van der Waals surface area contributed by atoms with Crippen LogP contribution in [0.25, 0.3) is 0 Å². The molecule has 0 saturated heterocycles. The van der Waals surface area contributed by atoms with Crippen LogP contribution >= 0.6 is 0 Å². The molecule has 0 saturated carbocycles. The van der Waals surface area contributed by atoms with Gasteiger partial charge < -0.3 is 10.6 Å². The predicted octanol–water partition coefficient (Wildman–Crippen LogP) is 3.43. The van der Waals surface area contributed by atoms with E-state index in [1.807, 2.05) is 31.9 Å². The molecule has 0 amide bonds. The van der Waals surface area contributed by atoms with Gasteiger partial charge in [-0.05, 0) is 37.1 Å². The van der Waals surface area contributed by atoms with Crippen molar-refractivity contribution >= 4 is 17.1 Å². The van der Waals surface area contributed by atoms with Crippen molar-refractivity contribution < 1.29 is 4.92 Å². The lowest BCUT2D eigenvalue weighted by atomic mass is 10.1. The van der Waals surface area contributed by atoms with E-state index in [9.17, 15) is 10.1 Å². The van der Waals surface area contributed by atoms with Gasteiger partial charge >= 0.3 is 0 Å². The molecule has 0 spiro atoms. The minimum atomic E-state index is -0.449. The summed E-state index contributed by atoms with van der Waals surface area (Å²) in [6, 6.07) is 11.2. The molecule has 2 N–H and O–H groups in total. The van der Waals surface area contributed by atoms with Gasteiger partial charge in [0.1, 0.15) is 5.69 Å². The zero-order chi connectivity index (χ0) is 15.6. The number of nitrogen functional groups attached to an aromatic ring is 1. The molecular formula is C16H19N3O2. The normalized spacial score (nSPS) is 10.4. The number of para-hydroxylation sites is 1. The number of hydrogen-bond acceptors (Lipinski definition) is 4. The van der Waals surface area contributed by atoms with Gasteiger partial charge in [0.05, 0.1) is 4.92 Å². The second-order valence-corrected chi connectivity index (χ2v) is 5.31. The van der Waals surface area contributed by atoms with E-state index in [-0.39, 0.29) is 11.4 Å². The van der Waals surface area contributed by atoms with E-state index >= 15 is 0 Å². The Balaban J connectivity index is 2.29. The first-order valence-corrected chi connectivity index (χ1v) is 6.69. The van der Waals surface area contributed by atoms with E-state index in [0.717, 1.165) is 11.3 Å². The van der Waals surface area contributed by atoms with Crippen molar-refractivity contribution in [2.45, 2.75) is 20.4 Å². The van der Waals surface area contributed by atoms with Crippen LogP contribution in [0.2, 0.25) is 0 Å². The Labute approximate surface area is 124 Å². The number of rotatable bonds is 4. The fourth-order valence-electron chi connectivity index (χ4n) is 2.41. The third-order valence-electron chi connectivity index (χ3n) is 3.42. The van der Waals surface area contributed by atoms with Crippen LogP contribution in [0.4, 0.5) is 17.1 Å². The number of nitrogens with zero attached hydrogens (tertiary/aromatic N) is 2. The smallest absolute Gasteiger partial charge is 0.292 e. The van der Waals surface area contributed by atoms with E-state index in [4.69, 9.17) is 5.73 Å². The fraction of sp³-hybridized carbons (Fsp3) is 0.250. The molecule has 0 bridgehead atoms. The number of nitrogens with two attached hydrogens (primary N) is 1. The van der Waals surface area contributed by atoms with Crippen LogP contribution < -0.4 is 10.6 Å². The predicted molar refractivity (Wildman–Crippen MR) is 85.5 cm³/mol. The van der Waals surface area contributed by atoms with Crippen molar-refractivity contribution in [3.05, 3.63) is 63.2 Å². The molecule has 2 aromatic carbocycles. The molecule has 0 fully saturated rings. The van der Waals surface area contributed by atoms with Gasteiger partial charge in [-0.15, -0.1) is 0 Å². The van der Waals surface area contributed by atoms with Crippen LogP contribution in [-0.4, -0.2) is 12.0 Å². The molecule has 0 atom stereocenters. The van der Waals surface area contributed by atoms with Crippen LogP contribution in [0, 0.1) is 24.0 Å². The van der Waals surface area contributed by atoms with Crippen molar-refractivity contribution in [2.24, 2.45) is 0 Å². The van der Waals surface area contributed by atoms with Gasteiger partial charge in [0.2, 0.25) is 0 Å². The lowest BCUT2D eigenvalue weighted by molar-refractivity contribution is -0.383. The SMILES string of the molecule is Cc1cc(C)cc(N(C)Cc2cccc([N+](=O)[O-])c2N)c1. The highest BCUT2D eigenvalue weighted by Gasteiger charge is 2.15. The van der Waals surface area contributed by atoms with E-state index in [0.29, 0.717) is 6.54 Å². The molecule has 2 rings (SSSR count). The molecule has 5 heteroatoms. The molecule has 0 aliphatic rings. The van der Waals surface area contributed by atoms with E-state index < -0.39 is 4.92 Å². The first kappa shape index (κ1) is 14.8. The van der Waals surface area contributed by atoms with Gasteiger partial charge in [-0.1, -0.05) is 18.2 Å². The molecule has 0 aromatic heterocycles. The van der Waals surface area contributed by atoms with Crippen LogP contribution in [0.3, 0.4) is 0 Å². The summed E-state index contributed by atoms with van der Waals surface area (Å²) in [6.07, 6.45) is 0. The number of aryl methyl sites for hydroxylation is 2. The maximum Gasteiger partial charge on any atom is 0.292 e. The molecule has 2 aromatic rings. The van der Waals surface area contributed by atoms with E-state index in [1.54, 1.807) is 6.07 Å². The first-order valence-electron chi connectivity index (χ1n) is 6.69. The Morgan fingerprint density at radius 3 is 2.38 bits per heavy atom. The maximum absolute atomic E-state index is 10.9. The highest BCUT2D eigenvalue weighted by Crippen LogP contribution is 2.27. The van der Waals surface area contributed by atoms with E-state index in [1.165, 1.54) is 17.2 Å². The van der Waals surface area contributed by atoms with Gasteiger partial charge in [-0.3, -0.25) is 10.1 Å². The minimum absolute atomic E-state index is 0.0404. The molecule has 0 aliphatic carbocycles. The monoisotopic (exact) mass is 285 g/mol. The Bertz CT molecular complexity index is 663. The highest BCUT2D eigenvalue weighted by atomic mass is 16.6. The standard InChI is InChI=1S/C16H19N3O2/c1-11-7-12(2)9-14(8-11)18(3)10-13-5-4-6-15(16(13)17)19(20)21/h4-9H,10,17H2,1-3H3. The zero-order valence-electron chi connectivity index (χ0n) is 12.5. The van der Waals surface area contributed by atoms with Crippen molar-refractivity contribution in [1.82, 2.24) is 0 Å². The number of nitro benzene ring substituents is 1. The minimum Gasteiger partial charge on any atom is -0.393 e. The van der Waals surface area contributed by atoms with Crippen LogP contribution in [0.15, 0.2) is 36.4 Å². The number of benzene rings is 2. The molecular weight excluding hydrogens is 266 g/mol. The van der Waals surface area contributed by atoms with Gasteiger partial charge in [0.15, 0.2) is 0 Å².